The smallest absolute Gasteiger partial charge is 0.268 e. The van der Waals surface area contributed by atoms with Crippen molar-refractivity contribution >= 4 is 21.1 Å². The highest BCUT2D eigenvalue weighted by molar-refractivity contribution is 7.90. The van der Waals surface area contributed by atoms with Gasteiger partial charge in [0.25, 0.3) is 10.0 Å². The van der Waals surface area contributed by atoms with Crippen LogP contribution in [0, 0.1) is 5.82 Å². The minimum Gasteiger partial charge on any atom is -0.319 e. The Morgan fingerprint density at radius 3 is 2.83 bits per heavy atom. The van der Waals surface area contributed by atoms with Crippen LogP contribution in [0.5, 0.6) is 0 Å². The van der Waals surface area contributed by atoms with E-state index in [1.54, 1.807) is 24.5 Å². The number of halogens is 1. The lowest BCUT2D eigenvalue weighted by Crippen LogP contribution is -2.12. The van der Waals surface area contributed by atoms with E-state index in [9.17, 15) is 12.8 Å². The van der Waals surface area contributed by atoms with Gasteiger partial charge in [0, 0.05) is 12.4 Å². The summed E-state index contributed by atoms with van der Waals surface area (Å²) in [6.07, 6.45) is 3.84. The summed E-state index contributed by atoms with van der Waals surface area (Å²) in [5.41, 5.74) is 1.96. The van der Waals surface area contributed by atoms with Crippen molar-refractivity contribution in [3.05, 3.63) is 60.2 Å². The quantitative estimate of drug-likeness (QED) is 0.777. The molecular weight excluding hydrogens is 317 g/mol. The van der Waals surface area contributed by atoms with Crippen LogP contribution in [0.3, 0.4) is 0 Å². The summed E-state index contributed by atoms with van der Waals surface area (Å²) in [7, 11) is -2.05. The summed E-state index contributed by atoms with van der Waals surface area (Å²) < 4.78 is 40.3. The number of benzene rings is 1. The van der Waals surface area contributed by atoms with E-state index < -0.39 is 15.8 Å². The molecule has 0 saturated heterocycles. The van der Waals surface area contributed by atoms with Crippen LogP contribution < -0.4 is 5.32 Å². The highest BCUT2D eigenvalue weighted by atomic mass is 32.2. The lowest BCUT2D eigenvalue weighted by molar-refractivity contribution is 0.584. The molecule has 0 bridgehead atoms. The molecule has 0 aliphatic rings. The van der Waals surface area contributed by atoms with Gasteiger partial charge in [0.05, 0.1) is 15.9 Å². The number of aromatic nitrogens is 2. The van der Waals surface area contributed by atoms with Crippen molar-refractivity contribution < 1.29 is 12.8 Å². The molecule has 23 heavy (non-hydrogen) atoms. The average molecular weight is 333 g/mol. The predicted molar refractivity (Wildman–Crippen MR) is 86.3 cm³/mol. The number of rotatable bonds is 5. The Morgan fingerprint density at radius 2 is 2.09 bits per heavy atom. The van der Waals surface area contributed by atoms with Crippen LogP contribution in [0.15, 0.2) is 53.7 Å². The van der Waals surface area contributed by atoms with Crippen LogP contribution in [0.1, 0.15) is 5.56 Å². The highest BCUT2D eigenvalue weighted by Gasteiger charge is 2.22. The third-order valence-electron chi connectivity index (χ3n) is 3.60. The molecule has 3 aromatic rings. The zero-order valence-corrected chi connectivity index (χ0v) is 13.3. The number of hydrogen-bond acceptors (Lipinski definition) is 4. The molecule has 3 rings (SSSR count). The van der Waals surface area contributed by atoms with E-state index in [0.29, 0.717) is 24.0 Å². The van der Waals surface area contributed by atoms with Crippen molar-refractivity contribution in [3.8, 4) is 0 Å². The Labute approximate surface area is 133 Å². The van der Waals surface area contributed by atoms with Crippen LogP contribution in [0.4, 0.5) is 4.39 Å². The van der Waals surface area contributed by atoms with E-state index in [2.05, 4.69) is 10.3 Å². The molecule has 0 radical (unpaired) electrons. The monoisotopic (exact) mass is 333 g/mol. The maximum Gasteiger partial charge on any atom is 0.268 e. The molecule has 2 aromatic heterocycles. The SMILES string of the molecule is CNCCc1cn(S(=O)(=O)c2cccc(F)c2)c2cccnc12. The maximum absolute atomic E-state index is 13.4. The molecule has 0 aliphatic heterocycles. The molecule has 2 heterocycles. The van der Waals surface area contributed by atoms with Crippen molar-refractivity contribution in [1.29, 1.82) is 0 Å². The molecule has 0 amide bonds. The van der Waals surface area contributed by atoms with E-state index in [1.165, 1.54) is 22.2 Å². The van der Waals surface area contributed by atoms with Crippen molar-refractivity contribution in [2.24, 2.45) is 0 Å². The predicted octanol–water partition coefficient (Wildman–Crippen LogP) is 2.17. The van der Waals surface area contributed by atoms with E-state index in [-0.39, 0.29) is 4.90 Å². The number of hydrogen-bond donors (Lipinski definition) is 1. The van der Waals surface area contributed by atoms with Gasteiger partial charge in [-0.05, 0) is 55.9 Å². The second-order valence-corrected chi connectivity index (χ2v) is 6.95. The standard InChI is InChI=1S/C16H16FN3O2S/c1-18-9-7-12-11-20(15-6-3-8-19-16(12)15)23(21,22)14-5-2-4-13(17)10-14/h2-6,8,10-11,18H,7,9H2,1H3. The Hall–Kier alpha value is -2.25. The van der Waals surface area contributed by atoms with Crippen molar-refractivity contribution in [2.75, 3.05) is 13.6 Å². The van der Waals surface area contributed by atoms with Gasteiger partial charge >= 0.3 is 0 Å². The number of nitrogens with zero attached hydrogens (tertiary/aromatic N) is 2. The van der Waals surface area contributed by atoms with Gasteiger partial charge in [-0.15, -0.1) is 0 Å². The first-order chi connectivity index (χ1) is 11.0. The van der Waals surface area contributed by atoms with E-state index in [1.807, 2.05) is 7.05 Å². The van der Waals surface area contributed by atoms with Gasteiger partial charge in [0.2, 0.25) is 0 Å². The summed E-state index contributed by atoms with van der Waals surface area (Å²) in [6.45, 7) is 0.704. The van der Waals surface area contributed by atoms with E-state index in [0.717, 1.165) is 11.6 Å². The summed E-state index contributed by atoms with van der Waals surface area (Å²) >= 11 is 0. The number of fused-ring (bicyclic) bond motifs is 1. The molecular formula is C16H16FN3O2S. The zero-order valence-electron chi connectivity index (χ0n) is 12.5. The first kappa shape index (κ1) is 15.6. The van der Waals surface area contributed by atoms with Gasteiger partial charge in [-0.25, -0.2) is 16.8 Å². The second kappa shape index (κ2) is 6.10. The summed E-state index contributed by atoms with van der Waals surface area (Å²) in [5, 5.41) is 3.03. The molecule has 7 heteroatoms. The Kier molecular flexibility index (Phi) is 4.14. The Balaban J connectivity index is 2.19. The van der Waals surface area contributed by atoms with Crippen molar-refractivity contribution in [2.45, 2.75) is 11.3 Å². The number of nitrogens with one attached hydrogen (secondary N) is 1. The fourth-order valence-corrected chi connectivity index (χ4v) is 3.89. The normalized spacial score (nSPS) is 11.9. The molecule has 0 spiro atoms. The highest BCUT2D eigenvalue weighted by Crippen LogP contribution is 2.25. The topological polar surface area (TPSA) is 64.0 Å². The molecule has 0 unspecified atom stereocenters. The lowest BCUT2D eigenvalue weighted by atomic mass is 10.2. The van der Waals surface area contributed by atoms with Crippen LogP contribution in [0.2, 0.25) is 0 Å². The van der Waals surface area contributed by atoms with E-state index >= 15 is 0 Å². The molecule has 0 fully saturated rings. The maximum atomic E-state index is 13.4. The molecule has 0 aliphatic carbocycles. The van der Waals surface area contributed by atoms with Crippen LogP contribution >= 0.6 is 0 Å². The zero-order chi connectivity index (χ0) is 16.4. The first-order valence-corrected chi connectivity index (χ1v) is 8.59. The molecule has 120 valence electrons. The molecule has 0 atom stereocenters. The molecule has 1 N–H and O–H groups in total. The second-order valence-electron chi connectivity index (χ2n) is 5.14. The van der Waals surface area contributed by atoms with Crippen LogP contribution in [-0.4, -0.2) is 31.0 Å². The van der Waals surface area contributed by atoms with E-state index in [4.69, 9.17) is 0 Å². The molecule has 0 saturated carbocycles. The van der Waals surface area contributed by atoms with Crippen molar-refractivity contribution in [3.63, 3.8) is 0 Å². The summed E-state index contributed by atoms with van der Waals surface area (Å²) in [6, 6.07) is 8.38. The largest absolute Gasteiger partial charge is 0.319 e. The Bertz CT molecular complexity index is 951. The summed E-state index contributed by atoms with van der Waals surface area (Å²) in [4.78, 5) is 4.21. The van der Waals surface area contributed by atoms with Crippen LogP contribution in [-0.2, 0) is 16.4 Å². The fourth-order valence-electron chi connectivity index (χ4n) is 2.48. The molecule has 5 nitrogen and oxygen atoms in total. The van der Waals surface area contributed by atoms with Gasteiger partial charge in [-0.2, -0.15) is 0 Å². The van der Waals surface area contributed by atoms with Gasteiger partial charge < -0.3 is 5.32 Å². The molecule has 1 aromatic carbocycles. The van der Waals surface area contributed by atoms with Gasteiger partial charge in [-0.1, -0.05) is 6.07 Å². The third-order valence-corrected chi connectivity index (χ3v) is 5.27. The fraction of sp³-hybridized carbons (Fsp3) is 0.188. The van der Waals surface area contributed by atoms with Crippen LogP contribution in [0.25, 0.3) is 11.0 Å². The third kappa shape index (κ3) is 2.85. The lowest BCUT2D eigenvalue weighted by Gasteiger charge is -2.07. The summed E-state index contributed by atoms with van der Waals surface area (Å²) in [5.74, 6) is -0.587. The minimum absolute atomic E-state index is 0.0848. The first-order valence-electron chi connectivity index (χ1n) is 7.15. The number of likely N-dealkylation sites (N-methyl/N-ethyl adjacent to an activating group) is 1. The Morgan fingerprint density at radius 1 is 1.26 bits per heavy atom. The minimum atomic E-state index is -3.88. The van der Waals surface area contributed by atoms with Gasteiger partial charge in [-0.3, -0.25) is 4.98 Å². The average Bonchev–Trinajstić information content (AvgIpc) is 2.92. The van der Waals surface area contributed by atoms with Gasteiger partial charge in [0.1, 0.15) is 5.82 Å². The van der Waals surface area contributed by atoms with Crippen molar-refractivity contribution in [1.82, 2.24) is 14.3 Å². The number of pyridine rings is 1. The van der Waals surface area contributed by atoms with Gasteiger partial charge in [0.15, 0.2) is 0 Å².